The molecule has 1 heterocycles. The third kappa shape index (κ3) is 2.58. The zero-order valence-corrected chi connectivity index (χ0v) is 10.2. The van der Waals surface area contributed by atoms with E-state index in [1.807, 2.05) is 19.1 Å². The summed E-state index contributed by atoms with van der Waals surface area (Å²) in [5.41, 5.74) is 1.11. The number of aryl methyl sites for hydroxylation is 1. The molecular weight excluding hydrogens is 204 g/mol. The van der Waals surface area contributed by atoms with E-state index in [2.05, 4.69) is 4.98 Å². The molecule has 16 heavy (non-hydrogen) atoms. The molecule has 0 spiro atoms. The smallest absolute Gasteiger partial charge is 0.323 e. The molecule has 0 aliphatic rings. The molecule has 1 N–H and O–H groups in total. The highest BCUT2D eigenvalue weighted by molar-refractivity contribution is 5.77. The van der Waals surface area contributed by atoms with Crippen LogP contribution in [0.4, 0.5) is 0 Å². The first kappa shape index (κ1) is 12.6. The Labute approximate surface area is 95.9 Å². The zero-order chi connectivity index (χ0) is 12.3. The predicted molar refractivity (Wildman–Crippen MR) is 62.2 cm³/mol. The first-order valence-corrected chi connectivity index (χ1v) is 5.21. The molecule has 1 rings (SSSR count). The molecule has 0 radical (unpaired) electrons. The maximum atomic E-state index is 11.1. The predicted octanol–water partition coefficient (Wildman–Crippen LogP) is 1.69. The fourth-order valence-electron chi connectivity index (χ4n) is 1.27. The third-order valence-electron chi connectivity index (χ3n) is 2.98. The summed E-state index contributed by atoms with van der Waals surface area (Å²) >= 11 is 0. The molecule has 0 bridgehead atoms. The Bertz CT molecular complexity index is 388. The van der Waals surface area contributed by atoms with Crippen LogP contribution >= 0.6 is 0 Å². The van der Waals surface area contributed by atoms with Crippen LogP contribution in [0.1, 0.15) is 25.1 Å². The van der Waals surface area contributed by atoms with Gasteiger partial charge >= 0.3 is 5.97 Å². The maximum Gasteiger partial charge on any atom is 0.323 e. The van der Waals surface area contributed by atoms with Crippen LogP contribution < -0.4 is 0 Å². The molecule has 88 valence electrons. The zero-order valence-electron chi connectivity index (χ0n) is 10.2. The lowest BCUT2D eigenvalue weighted by atomic mass is 10.0. The van der Waals surface area contributed by atoms with E-state index in [0.717, 1.165) is 11.3 Å². The molecule has 0 aromatic carbocycles. The normalized spacial score (nSPS) is 11.8. The Hall–Kier alpha value is -1.42. The SMILES string of the molecule is Cc1cccnc1CN(C)C(C)(C)C(=O)O. The molecule has 0 aliphatic heterocycles. The number of aliphatic carboxylic acids is 1. The number of carboxylic acid groups (broad SMARTS) is 1. The van der Waals surface area contributed by atoms with E-state index in [1.165, 1.54) is 0 Å². The largest absolute Gasteiger partial charge is 0.480 e. The fourth-order valence-corrected chi connectivity index (χ4v) is 1.27. The van der Waals surface area contributed by atoms with Crippen LogP contribution in [0.3, 0.4) is 0 Å². The first-order chi connectivity index (χ1) is 7.35. The molecule has 0 aliphatic carbocycles. The number of likely N-dealkylation sites (N-methyl/N-ethyl adjacent to an activating group) is 1. The van der Waals surface area contributed by atoms with Crippen molar-refractivity contribution in [3.8, 4) is 0 Å². The number of carboxylic acids is 1. The summed E-state index contributed by atoms with van der Waals surface area (Å²) in [5, 5.41) is 9.10. The van der Waals surface area contributed by atoms with Crippen LogP contribution in [0.5, 0.6) is 0 Å². The maximum absolute atomic E-state index is 11.1. The highest BCUT2D eigenvalue weighted by Gasteiger charge is 2.32. The Balaban J connectivity index is 2.83. The minimum atomic E-state index is -0.885. The van der Waals surface area contributed by atoms with Gasteiger partial charge in [0.05, 0.1) is 5.69 Å². The second kappa shape index (κ2) is 4.61. The lowest BCUT2D eigenvalue weighted by Crippen LogP contribution is -2.47. The topological polar surface area (TPSA) is 53.4 Å². The van der Waals surface area contributed by atoms with Crippen LogP contribution in [0.2, 0.25) is 0 Å². The Morgan fingerprint density at radius 3 is 2.69 bits per heavy atom. The fraction of sp³-hybridized carbons (Fsp3) is 0.500. The van der Waals surface area contributed by atoms with Crippen LogP contribution in [-0.2, 0) is 11.3 Å². The quantitative estimate of drug-likeness (QED) is 0.842. The van der Waals surface area contributed by atoms with Gasteiger partial charge in [-0.2, -0.15) is 0 Å². The third-order valence-corrected chi connectivity index (χ3v) is 2.98. The van der Waals surface area contributed by atoms with E-state index >= 15 is 0 Å². The van der Waals surface area contributed by atoms with Gasteiger partial charge in [-0.05, 0) is 39.4 Å². The van der Waals surface area contributed by atoms with Crippen LogP contribution in [-0.4, -0.2) is 33.5 Å². The van der Waals surface area contributed by atoms with Gasteiger partial charge in [-0.3, -0.25) is 14.7 Å². The molecule has 1 aromatic rings. The molecule has 0 unspecified atom stereocenters. The molecule has 0 saturated carbocycles. The van der Waals surface area contributed by atoms with Gasteiger partial charge in [0.15, 0.2) is 0 Å². The monoisotopic (exact) mass is 222 g/mol. The van der Waals surface area contributed by atoms with Gasteiger partial charge in [0.2, 0.25) is 0 Å². The second-order valence-electron chi connectivity index (χ2n) is 4.49. The molecule has 0 amide bonds. The van der Waals surface area contributed by atoms with Crippen molar-refractivity contribution in [2.24, 2.45) is 0 Å². The number of rotatable bonds is 4. The van der Waals surface area contributed by atoms with Crippen molar-refractivity contribution in [1.29, 1.82) is 0 Å². The van der Waals surface area contributed by atoms with Crippen molar-refractivity contribution < 1.29 is 9.90 Å². The standard InChI is InChI=1S/C12H18N2O2/c1-9-6-5-7-13-10(9)8-14(4)12(2,3)11(15)16/h5-7H,8H2,1-4H3,(H,15,16). The summed E-state index contributed by atoms with van der Waals surface area (Å²) in [6.07, 6.45) is 1.73. The average molecular weight is 222 g/mol. The Morgan fingerprint density at radius 1 is 1.56 bits per heavy atom. The Kier molecular flexibility index (Phi) is 3.65. The lowest BCUT2D eigenvalue weighted by molar-refractivity contribution is -0.148. The van der Waals surface area contributed by atoms with E-state index in [9.17, 15) is 4.79 Å². The molecule has 0 atom stereocenters. The number of hydrogen-bond acceptors (Lipinski definition) is 3. The molecule has 4 heteroatoms. The highest BCUT2D eigenvalue weighted by atomic mass is 16.4. The minimum Gasteiger partial charge on any atom is -0.480 e. The molecule has 0 saturated heterocycles. The summed E-state index contributed by atoms with van der Waals surface area (Å²) < 4.78 is 0. The lowest BCUT2D eigenvalue weighted by Gasteiger charge is -2.31. The molecule has 1 aromatic heterocycles. The summed E-state index contributed by atoms with van der Waals surface area (Å²) in [7, 11) is 1.79. The van der Waals surface area contributed by atoms with Crippen molar-refractivity contribution in [2.45, 2.75) is 32.9 Å². The first-order valence-electron chi connectivity index (χ1n) is 5.21. The molecular formula is C12H18N2O2. The summed E-state index contributed by atoms with van der Waals surface area (Å²) in [5.74, 6) is -0.830. The summed E-state index contributed by atoms with van der Waals surface area (Å²) in [4.78, 5) is 17.1. The number of carbonyl (C=O) groups is 1. The number of aromatic nitrogens is 1. The minimum absolute atomic E-state index is 0.534. The van der Waals surface area contributed by atoms with Crippen LogP contribution in [0.15, 0.2) is 18.3 Å². The van der Waals surface area contributed by atoms with Gasteiger partial charge in [0, 0.05) is 12.7 Å². The van der Waals surface area contributed by atoms with Gasteiger partial charge in [0.25, 0.3) is 0 Å². The van der Waals surface area contributed by atoms with E-state index in [1.54, 1.807) is 32.0 Å². The van der Waals surface area contributed by atoms with Gasteiger partial charge < -0.3 is 5.11 Å². The van der Waals surface area contributed by atoms with Crippen LogP contribution in [0.25, 0.3) is 0 Å². The van der Waals surface area contributed by atoms with Gasteiger partial charge in [-0.25, -0.2) is 0 Å². The number of nitrogens with zero attached hydrogens (tertiary/aromatic N) is 2. The van der Waals surface area contributed by atoms with Crippen LogP contribution in [0, 0.1) is 6.92 Å². The van der Waals surface area contributed by atoms with Gasteiger partial charge in [0.1, 0.15) is 5.54 Å². The van der Waals surface area contributed by atoms with Crippen molar-refractivity contribution in [3.63, 3.8) is 0 Å². The van der Waals surface area contributed by atoms with Gasteiger partial charge in [-0.15, -0.1) is 0 Å². The van der Waals surface area contributed by atoms with E-state index < -0.39 is 11.5 Å². The number of pyridine rings is 1. The molecule has 0 fully saturated rings. The van der Waals surface area contributed by atoms with E-state index in [-0.39, 0.29) is 0 Å². The van der Waals surface area contributed by atoms with Crippen molar-refractivity contribution in [1.82, 2.24) is 9.88 Å². The van der Waals surface area contributed by atoms with E-state index in [0.29, 0.717) is 6.54 Å². The molecule has 4 nitrogen and oxygen atoms in total. The summed E-state index contributed by atoms with van der Waals surface area (Å²) in [6.45, 7) is 5.89. The van der Waals surface area contributed by atoms with Crippen molar-refractivity contribution >= 4 is 5.97 Å². The van der Waals surface area contributed by atoms with Gasteiger partial charge in [-0.1, -0.05) is 6.07 Å². The van der Waals surface area contributed by atoms with E-state index in [4.69, 9.17) is 5.11 Å². The van der Waals surface area contributed by atoms with Crippen molar-refractivity contribution in [3.05, 3.63) is 29.6 Å². The summed E-state index contributed by atoms with van der Waals surface area (Å²) in [6, 6.07) is 3.85. The second-order valence-corrected chi connectivity index (χ2v) is 4.49. The Morgan fingerprint density at radius 2 is 2.19 bits per heavy atom. The average Bonchev–Trinajstić information content (AvgIpc) is 2.21. The highest BCUT2D eigenvalue weighted by Crippen LogP contribution is 2.16. The number of hydrogen-bond donors (Lipinski definition) is 1. The van der Waals surface area contributed by atoms with Crippen molar-refractivity contribution in [2.75, 3.05) is 7.05 Å².